The smallest absolute Gasteiger partial charge is 0.341 e. The van der Waals surface area contributed by atoms with Crippen molar-refractivity contribution in [2.24, 2.45) is 0 Å². The van der Waals surface area contributed by atoms with E-state index in [-0.39, 0.29) is 18.3 Å². The van der Waals surface area contributed by atoms with E-state index >= 15 is 0 Å². The molecule has 2 aromatic rings. The zero-order valence-electron chi connectivity index (χ0n) is 14.7. The predicted octanol–water partition coefficient (Wildman–Crippen LogP) is 2.80. The summed E-state index contributed by atoms with van der Waals surface area (Å²) in [4.78, 5) is 25.2. The lowest BCUT2D eigenvalue weighted by atomic mass is 10.0. The van der Waals surface area contributed by atoms with Crippen molar-refractivity contribution in [3.8, 4) is 0 Å². The van der Waals surface area contributed by atoms with E-state index in [1.165, 1.54) is 37.1 Å². The Hall–Kier alpha value is -2.35. The molecule has 0 fully saturated rings. The molecule has 0 aliphatic carbocycles. The van der Waals surface area contributed by atoms with Crippen LogP contribution in [0.15, 0.2) is 23.1 Å². The Labute approximate surface area is 155 Å². The molecule has 0 unspecified atom stereocenters. The monoisotopic (exact) mass is 377 g/mol. The van der Waals surface area contributed by atoms with Crippen molar-refractivity contribution in [2.75, 3.05) is 13.4 Å². The fraction of sp³-hybridized carbons (Fsp3) is 0.389. The normalized spacial score (nSPS) is 13.2. The summed E-state index contributed by atoms with van der Waals surface area (Å²) >= 11 is 1.30. The minimum atomic E-state index is -0.441. The van der Waals surface area contributed by atoms with Crippen molar-refractivity contribution in [1.29, 1.82) is 0 Å². The van der Waals surface area contributed by atoms with E-state index in [1.54, 1.807) is 6.26 Å². The number of rotatable bonds is 5. The number of amides is 1. The first-order valence-corrected chi connectivity index (χ1v) is 9.56. The van der Waals surface area contributed by atoms with E-state index in [9.17, 15) is 14.0 Å². The van der Waals surface area contributed by atoms with Crippen LogP contribution in [0.5, 0.6) is 0 Å². The Morgan fingerprint density at radius 1 is 1.38 bits per heavy atom. The number of hydrogen-bond acceptors (Lipinski definition) is 5. The number of thioether (sulfide) groups is 1. The highest BCUT2D eigenvalue weighted by atomic mass is 32.2. The minimum absolute atomic E-state index is 0.106. The zero-order valence-corrected chi connectivity index (χ0v) is 15.5. The Morgan fingerprint density at radius 3 is 2.92 bits per heavy atom. The molecule has 1 amide bonds. The second kappa shape index (κ2) is 7.90. The maximum absolute atomic E-state index is 13.4. The highest BCUT2D eigenvalue weighted by Gasteiger charge is 2.26. The third kappa shape index (κ3) is 3.60. The molecule has 1 N–H and O–H groups in total. The SMILES string of the molecule is COC(=O)c1c(CNC(=O)c2ccc(F)cc2SC)nn2c1CCCC2. The lowest BCUT2D eigenvalue weighted by Crippen LogP contribution is -2.25. The molecule has 6 nitrogen and oxygen atoms in total. The molecule has 3 rings (SSSR count). The molecule has 0 bridgehead atoms. The van der Waals surface area contributed by atoms with E-state index in [1.807, 2.05) is 4.68 Å². The molecule has 1 aromatic carbocycles. The summed E-state index contributed by atoms with van der Waals surface area (Å²) in [7, 11) is 1.33. The molecule has 26 heavy (non-hydrogen) atoms. The number of aryl methyl sites for hydroxylation is 1. The average molecular weight is 377 g/mol. The number of aromatic nitrogens is 2. The van der Waals surface area contributed by atoms with Gasteiger partial charge in [0.05, 0.1) is 30.6 Å². The highest BCUT2D eigenvalue weighted by Crippen LogP contribution is 2.24. The lowest BCUT2D eigenvalue weighted by molar-refractivity contribution is 0.0597. The minimum Gasteiger partial charge on any atom is -0.465 e. The molecular weight excluding hydrogens is 357 g/mol. The third-order valence-corrected chi connectivity index (χ3v) is 5.16. The number of esters is 1. The number of hydrogen-bond donors (Lipinski definition) is 1. The van der Waals surface area contributed by atoms with Crippen LogP contribution in [0, 0.1) is 5.82 Å². The van der Waals surface area contributed by atoms with Crippen LogP contribution >= 0.6 is 11.8 Å². The Kier molecular flexibility index (Phi) is 5.61. The van der Waals surface area contributed by atoms with Gasteiger partial charge >= 0.3 is 5.97 Å². The summed E-state index contributed by atoms with van der Waals surface area (Å²) in [6, 6.07) is 4.04. The van der Waals surface area contributed by atoms with Gasteiger partial charge in [-0.1, -0.05) is 0 Å². The fourth-order valence-corrected chi connectivity index (χ4v) is 3.73. The maximum atomic E-state index is 13.4. The largest absolute Gasteiger partial charge is 0.465 e. The standard InChI is InChI=1S/C18H20FN3O3S/c1-25-18(24)16-13(21-22-8-4-3-5-14(16)22)10-20-17(23)12-7-6-11(19)9-15(12)26-2/h6-7,9H,3-5,8,10H2,1-2H3,(H,20,23). The van der Waals surface area contributed by atoms with Gasteiger partial charge in [0.25, 0.3) is 5.91 Å². The number of methoxy groups -OCH3 is 1. The van der Waals surface area contributed by atoms with Gasteiger partial charge in [0.1, 0.15) is 11.4 Å². The summed E-state index contributed by atoms with van der Waals surface area (Å²) in [5, 5.41) is 7.26. The van der Waals surface area contributed by atoms with Gasteiger partial charge in [-0.2, -0.15) is 5.10 Å². The second-order valence-corrected chi connectivity index (χ2v) is 6.82. The van der Waals surface area contributed by atoms with Gasteiger partial charge in [-0.3, -0.25) is 9.48 Å². The van der Waals surface area contributed by atoms with Crippen LogP contribution in [-0.4, -0.2) is 35.0 Å². The number of nitrogens with zero attached hydrogens (tertiary/aromatic N) is 2. The number of carbonyl (C=O) groups excluding carboxylic acids is 2. The number of benzene rings is 1. The summed E-state index contributed by atoms with van der Waals surface area (Å²) in [6.45, 7) is 0.857. The Bertz CT molecular complexity index is 850. The van der Waals surface area contributed by atoms with E-state index in [0.29, 0.717) is 21.7 Å². The first-order chi connectivity index (χ1) is 12.5. The van der Waals surface area contributed by atoms with Gasteiger partial charge in [0.15, 0.2) is 0 Å². The molecule has 0 saturated carbocycles. The van der Waals surface area contributed by atoms with Gasteiger partial charge in [-0.25, -0.2) is 9.18 Å². The van der Waals surface area contributed by atoms with Crippen LogP contribution in [0.1, 0.15) is 44.9 Å². The predicted molar refractivity (Wildman–Crippen MR) is 95.9 cm³/mol. The van der Waals surface area contributed by atoms with E-state index in [0.717, 1.165) is 31.5 Å². The molecule has 1 aromatic heterocycles. The van der Waals surface area contributed by atoms with Crippen LogP contribution in [0.4, 0.5) is 4.39 Å². The quantitative estimate of drug-likeness (QED) is 0.641. The molecule has 138 valence electrons. The molecule has 0 atom stereocenters. The Balaban J connectivity index is 1.82. The summed E-state index contributed by atoms with van der Waals surface area (Å²) in [5.41, 5.74) is 2.19. The number of carbonyl (C=O) groups is 2. The first-order valence-electron chi connectivity index (χ1n) is 8.33. The average Bonchev–Trinajstić information content (AvgIpc) is 3.03. The zero-order chi connectivity index (χ0) is 18.7. The van der Waals surface area contributed by atoms with Crippen LogP contribution in [0.3, 0.4) is 0 Å². The van der Waals surface area contributed by atoms with Gasteiger partial charge in [0, 0.05) is 11.4 Å². The summed E-state index contributed by atoms with van der Waals surface area (Å²) in [5.74, 6) is -1.17. The summed E-state index contributed by atoms with van der Waals surface area (Å²) in [6.07, 6.45) is 4.55. The van der Waals surface area contributed by atoms with Crippen molar-refractivity contribution in [1.82, 2.24) is 15.1 Å². The molecule has 0 radical (unpaired) electrons. The second-order valence-electron chi connectivity index (χ2n) is 5.97. The molecule has 1 aliphatic rings. The maximum Gasteiger partial charge on any atom is 0.341 e. The molecule has 8 heteroatoms. The van der Waals surface area contributed by atoms with E-state index in [2.05, 4.69) is 10.4 Å². The van der Waals surface area contributed by atoms with Gasteiger partial charge < -0.3 is 10.1 Å². The van der Waals surface area contributed by atoms with Crippen molar-refractivity contribution < 1.29 is 18.7 Å². The first kappa shape index (κ1) is 18.4. The summed E-state index contributed by atoms with van der Waals surface area (Å²) < 4.78 is 20.1. The van der Waals surface area contributed by atoms with Crippen molar-refractivity contribution in [2.45, 2.75) is 37.2 Å². The van der Waals surface area contributed by atoms with Crippen molar-refractivity contribution >= 4 is 23.6 Å². The van der Waals surface area contributed by atoms with Gasteiger partial charge in [0.2, 0.25) is 0 Å². The van der Waals surface area contributed by atoms with E-state index in [4.69, 9.17) is 4.74 Å². The molecule has 0 spiro atoms. The van der Waals surface area contributed by atoms with Crippen LogP contribution in [-0.2, 0) is 24.2 Å². The van der Waals surface area contributed by atoms with Crippen molar-refractivity contribution in [3.05, 3.63) is 46.5 Å². The molecular formula is C18H20FN3O3S. The lowest BCUT2D eigenvalue weighted by Gasteiger charge is -2.13. The van der Waals surface area contributed by atoms with Gasteiger partial charge in [-0.15, -0.1) is 11.8 Å². The number of fused-ring (bicyclic) bond motifs is 1. The molecule has 2 heterocycles. The number of nitrogens with one attached hydrogen (secondary N) is 1. The highest BCUT2D eigenvalue weighted by molar-refractivity contribution is 7.98. The topological polar surface area (TPSA) is 73.2 Å². The van der Waals surface area contributed by atoms with E-state index < -0.39 is 5.97 Å². The van der Waals surface area contributed by atoms with Crippen LogP contribution < -0.4 is 5.32 Å². The van der Waals surface area contributed by atoms with Crippen molar-refractivity contribution in [3.63, 3.8) is 0 Å². The van der Waals surface area contributed by atoms with Crippen LogP contribution in [0.2, 0.25) is 0 Å². The third-order valence-electron chi connectivity index (χ3n) is 4.38. The molecule has 1 aliphatic heterocycles. The van der Waals surface area contributed by atoms with Gasteiger partial charge in [-0.05, 0) is 43.7 Å². The Morgan fingerprint density at radius 2 is 2.19 bits per heavy atom. The molecule has 0 saturated heterocycles. The number of halogens is 1. The number of ether oxygens (including phenoxy) is 1. The fourth-order valence-electron chi connectivity index (χ4n) is 3.12. The van der Waals surface area contributed by atoms with Crippen LogP contribution in [0.25, 0.3) is 0 Å².